The van der Waals surface area contributed by atoms with Crippen LogP contribution < -0.4 is 15.4 Å². The summed E-state index contributed by atoms with van der Waals surface area (Å²) in [6, 6.07) is 12.8. The lowest BCUT2D eigenvalue weighted by Gasteiger charge is -2.32. The number of benzene rings is 2. The van der Waals surface area contributed by atoms with E-state index in [0.29, 0.717) is 18.3 Å². The van der Waals surface area contributed by atoms with Crippen molar-refractivity contribution in [2.24, 2.45) is 5.92 Å². The number of anilines is 1. The third kappa shape index (κ3) is 7.46. The van der Waals surface area contributed by atoms with E-state index in [-0.39, 0.29) is 17.4 Å². The van der Waals surface area contributed by atoms with Crippen LogP contribution >= 0.6 is 0 Å². The third-order valence-electron chi connectivity index (χ3n) is 6.86. The maximum atomic E-state index is 12.7. The molecule has 2 aliphatic rings. The maximum Gasteiger partial charge on any atom is 0.573 e. The van der Waals surface area contributed by atoms with Crippen LogP contribution in [0.25, 0.3) is 0 Å². The fourth-order valence-electron chi connectivity index (χ4n) is 4.99. The Morgan fingerprint density at radius 2 is 1.67 bits per heavy atom. The molecule has 36 heavy (non-hydrogen) atoms. The predicted octanol–water partition coefficient (Wildman–Crippen LogP) is 5.50. The van der Waals surface area contributed by atoms with Crippen molar-refractivity contribution < 1.29 is 27.5 Å². The van der Waals surface area contributed by atoms with Crippen LogP contribution in [-0.4, -0.2) is 42.2 Å². The molecule has 1 saturated heterocycles. The van der Waals surface area contributed by atoms with Gasteiger partial charge in [0, 0.05) is 24.2 Å². The molecule has 1 heterocycles. The van der Waals surface area contributed by atoms with Crippen LogP contribution in [0.5, 0.6) is 5.75 Å². The van der Waals surface area contributed by atoms with Crippen LogP contribution in [0.4, 0.5) is 18.9 Å². The third-order valence-corrected chi connectivity index (χ3v) is 6.86. The molecule has 2 fully saturated rings. The van der Waals surface area contributed by atoms with E-state index in [1.54, 1.807) is 12.1 Å². The maximum absolute atomic E-state index is 12.7. The van der Waals surface area contributed by atoms with E-state index in [0.717, 1.165) is 50.4 Å². The van der Waals surface area contributed by atoms with E-state index < -0.39 is 18.0 Å². The highest BCUT2D eigenvalue weighted by molar-refractivity contribution is 6.06. The molecule has 2 aromatic rings. The molecule has 1 saturated carbocycles. The first kappa shape index (κ1) is 26.0. The second-order valence-electron chi connectivity index (χ2n) is 9.59. The summed E-state index contributed by atoms with van der Waals surface area (Å²) in [4.78, 5) is 27.6. The second kappa shape index (κ2) is 11.8. The van der Waals surface area contributed by atoms with Crippen LogP contribution in [0, 0.1) is 5.92 Å². The molecule has 2 N–H and O–H groups in total. The highest BCUT2D eigenvalue weighted by atomic mass is 19.4. The quantitative estimate of drug-likeness (QED) is 0.524. The molecule has 1 aliphatic heterocycles. The number of para-hydroxylation sites is 1. The van der Waals surface area contributed by atoms with Crippen molar-refractivity contribution in [3.63, 3.8) is 0 Å². The first-order valence-corrected chi connectivity index (χ1v) is 12.5. The summed E-state index contributed by atoms with van der Waals surface area (Å²) < 4.78 is 42.0. The van der Waals surface area contributed by atoms with Gasteiger partial charge in [0.2, 0.25) is 5.91 Å². The number of carbonyl (C=O) groups excluding carboxylic acids is 2. The van der Waals surface area contributed by atoms with Crippen LogP contribution in [0.2, 0.25) is 0 Å². The Hall–Kier alpha value is -3.07. The molecule has 6 nitrogen and oxygen atoms in total. The Kier molecular flexibility index (Phi) is 8.51. The van der Waals surface area contributed by atoms with Gasteiger partial charge in [0.1, 0.15) is 5.75 Å². The van der Waals surface area contributed by atoms with Gasteiger partial charge in [-0.3, -0.25) is 14.5 Å². The summed E-state index contributed by atoms with van der Waals surface area (Å²) in [6.07, 6.45) is 2.54. The summed E-state index contributed by atoms with van der Waals surface area (Å²) in [6.45, 7) is 2.28. The zero-order valence-corrected chi connectivity index (χ0v) is 20.2. The van der Waals surface area contributed by atoms with Crippen LogP contribution in [0.1, 0.15) is 60.9 Å². The lowest BCUT2D eigenvalue weighted by atomic mass is 9.92. The van der Waals surface area contributed by atoms with E-state index >= 15 is 0 Å². The zero-order valence-electron chi connectivity index (χ0n) is 20.2. The van der Waals surface area contributed by atoms with Gasteiger partial charge >= 0.3 is 6.36 Å². The molecule has 0 unspecified atom stereocenters. The predicted molar refractivity (Wildman–Crippen MR) is 131 cm³/mol. The van der Waals surface area contributed by atoms with Crippen molar-refractivity contribution in [3.8, 4) is 5.75 Å². The lowest BCUT2D eigenvalue weighted by molar-refractivity contribution is -0.274. The summed E-state index contributed by atoms with van der Waals surface area (Å²) in [5.74, 6) is -1.00. The summed E-state index contributed by atoms with van der Waals surface area (Å²) in [7, 11) is 0. The SMILES string of the molecule is O=C(Nc1cccc(CN2CCC(C(=O)NC3CCCCC3)CC2)c1)c1ccccc1OC(F)(F)F. The van der Waals surface area contributed by atoms with Gasteiger partial charge in [-0.15, -0.1) is 13.2 Å². The smallest absolute Gasteiger partial charge is 0.405 e. The first-order valence-electron chi connectivity index (χ1n) is 12.5. The van der Waals surface area contributed by atoms with Gasteiger partial charge in [0.25, 0.3) is 5.91 Å². The fraction of sp³-hybridized carbons (Fsp3) is 0.481. The molecule has 1 aliphatic carbocycles. The normalized spacial score (nSPS) is 18.0. The van der Waals surface area contributed by atoms with Crippen molar-refractivity contribution >= 4 is 17.5 Å². The van der Waals surface area contributed by atoms with Gasteiger partial charge in [-0.2, -0.15) is 0 Å². The van der Waals surface area contributed by atoms with Gasteiger partial charge in [-0.05, 0) is 68.6 Å². The van der Waals surface area contributed by atoms with E-state index in [9.17, 15) is 22.8 Å². The standard InChI is InChI=1S/C27H32F3N3O3/c28-27(29,30)36-24-12-5-4-11-23(24)26(35)32-22-10-6-7-19(17-22)18-33-15-13-20(14-16-33)25(34)31-21-8-2-1-3-9-21/h4-7,10-12,17,20-21H,1-3,8-9,13-16,18H2,(H,31,34)(H,32,35). The summed E-state index contributed by atoms with van der Waals surface area (Å²) in [5, 5.41) is 5.90. The molecule has 0 atom stereocenters. The zero-order chi connectivity index (χ0) is 25.5. The topological polar surface area (TPSA) is 70.7 Å². The van der Waals surface area contributed by atoms with Crippen molar-refractivity contribution in [1.82, 2.24) is 10.2 Å². The van der Waals surface area contributed by atoms with Gasteiger partial charge in [0.15, 0.2) is 0 Å². The molecule has 9 heteroatoms. The number of hydrogen-bond acceptors (Lipinski definition) is 4. The Balaban J connectivity index is 1.29. The molecule has 4 rings (SSSR count). The summed E-state index contributed by atoms with van der Waals surface area (Å²) in [5.41, 5.74) is 1.26. The minimum atomic E-state index is -4.89. The second-order valence-corrected chi connectivity index (χ2v) is 9.59. The Bertz CT molecular complexity index is 1050. The van der Waals surface area contributed by atoms with Crippen molar-refractivity contribution in [3.05, 3.63) is 59.7 Å². The highest BCUT2D eigenvalue weighted by Crippen LogP contribution is 2.27. The molecule has 0 radical (unpaired) electrons. The number of halogens is 3. The molecule has 0 aromatic heterocycles. The highest BCUT2D eigenvalue weighted by Gasteiger charge is 2.33. The summed E-state index contributed by atoms with van der Waals surface area (Å²) >= 11 is 0. The Morgan fingerprint density at radius 3 is 2.39 bits per heavy atom. The largest absolute Gasteiger partial charge is 0.573 e. The number of alkyl halides is 3. The molecule has 0 spiro atoms. The number of nitrogens with one attached hydrogen (secondary N) is 2. The Morgan fingerprint density at radius 1 is 0.944 bits per heavy atom. The number of amides is 2. The van der Waals surface area contributed by atoms with E-state index in [4.69, 9.17) is 0 Å². The number of likely N-dealkylation sites (tertiary alicyclic amines) is 1. The van der Waals surface area contributed by atoms with Crippen LogP contribution in [0.3, 0.4) is 0 Å². The number of rotatable bonds is 7. The molecule has 0 bridgehead atoms. The average molecular weight is 504 g/mol. The van der Waals surface area contributed by atoms with E-state index in [2.05, 4.69) is 20.3 Å². The fourth-order valence-corrected chi connectivity index (χ4v) is 4.99. The van der Waals surface area contributed by atoms with Crippen LogP contribution in [-0.2, 0) is 11.3 Å². The molecule has 2 amide bonds. The van der Waals surface area contributed by atoms with E-state index in [1.165, 1.54) is 37.5 Å². The number of carbonyl (C=O) groups is 2. The minimum absolute atomic E-state index is 0.0489. The molecular formula is C27H32F3N3O3. The van der Waals surface area contributed by atoms with Gasteiger partial charge in [-0.1, -0.05) is 43.5 Å². The average Bonchev–Trinajstić information content (AvgIpc) is 2.84. The number of nitrogens with zero attached hydrogens (tertiary/aromatic N) is 1. The number of hydrogen-bond donors (Lipinski definition) is 2. The monoisotopic (exact) mass is 503 g/mol. The van der Waals surface area contributed by atoms with Gasteiger partial charge in [-0.25, -0.2) is 0 Å². The van der Waals surface area contributed by atoms with Crippen LogP contribution in [0.15, 0.2) is 48.5 Å². The molecule has 194 valence electrons. The molecule has 2 aromatic carbocycles. The van der Waals surface area contributed by atoms with Gasteiger partial charge < -0.3 is 15.4 Å². The minimum Gasteiger partial charge on any atom is -0.405 e. The van der Waals surface area contributed by atoms with E-state index in [1.807, 2.05) is 12.1 Å². The van der Waals surface area contributed by atoms with Crippen molar-refractivity contribution in [2.75, 3.05) is 18.4 Å². The number of piperidine rings is 1. The first-order chi connectivity index (χ1) is 17.3. The number of ether oxygens (including phenoxy) is 1. The van der Waals surface area contributed by atoms with Crippen molar-refractivity contribution in [1.29, 1.82) is 0 Å². The molecular weight excluding hydrogens is 471 g/mol. The van der Waals surface area contributed by atoms with Gasteiger partial charge in [0.05, 0.1) is 5.56 Å². The Labute approximate surface area is 209 Å². The lowest BCUT2D eigenvalue weighted by Crippen LogP contribution is -2.44. The van der Waals surface area contributed by atoms with Crippen molar-refractivity contribution in [2.45, 2.75) is 63.9 Å².